The van der Waals surface area contributed by atoms with Gasteiger partial charge in [0.05, 0.1) is 12.2 Å². The largest absolute Gasteiger partial charge is 0.494 e. The van der Waals surface area contributed by atoms with Crippen LogP contribution in [-0.2, 0) is 6.61 Å². The summed E-state index contributed by atoms with van der Waals surface area (Å²) in [5.41, 5.74) is 2.64. The van der Waals surface area contributed by atoms with Crippen molar-refractivity contribution < 1.29 is 18.8 Å². The lowest BCUT2D eigenvalue weighted by molar-refractivity contribution is 0.101. The molecule has 3 aromatic rings. The lowest BCUT2D eigenvalue weighted by atomic mass is 10.2. The number of ether oxygens (including phenoxy) is 2. The summed E-state index contributed by atoms with van der Waals surface area (Å²) in [5, 5.41) is 6.71. The molecule has 140 valence electrons. The molecule has 2 aromatic carbocycles. The number of anilines is 1. The zero-order valence-corrected chi connectivity index (χ0v) is 15.6. The van der Waals surface area contributed by atoms with Crippen molar-refractivity contribution in [3.63, 3.8) is 0 Å². The Kier molecular flexibility index (Phi) is 5.76. The first kappa shape index (κ1) is 18.5. The minimum Gasteiger partial charge on any atom is -0.494 e. The van der Waals surface area contributed by atoms with Gasteiger partial charge in [0.1, 0.15) is 23.9 Å². The summed E-state index contributed by atoms with van der Waals surface area (Å²) < 4.78 is 16.4. The molecule has 6 nitrogen and oxygen atoms in total. The van der Waals surface area contributed by atoms with Gasteiger partial charge in [0.15, 0.2) is 5.69 Å². The average molecular weight is 366 g/mol. The SMILES string of the molecule is CCOc1ccc(NC(=O)c2noc(C)c2COc2ccc(C)cc2)cc1. The number of nitrogens with zero attached hydrogens (tertiary/aromatic N) is 1. The highest BCUT2D eigenvalue weighted by atomic mass is 16.5. The number of aryl methyl sites for hydroxylation is 2. The second kappa shape index (κ2) is 8.40. The van der Waals surface area contributed by atoms with Crippen LogP contribution in [0.1, 0.15) is 34.3 Å². The normalized spacial score (nSPS) is 10.5. The van der Waals surface area contributed by atoms with Crippen molar-refractivity contribution in [2.75, 3.05) is 11.9 Å². The van der Waals surface area contributed by atoms with Crippen molar-refractivity contribution in [3.8, 4) is 11.5 Å². The zero-order valence-electron chi connectivity index (χ0n) is 15.6. The number of hydrogen-bond acceptors (Lipinski definition) is 5. The quantitative estimate of drug-likeness (QED) is 0.665. The molecule has 0 saturated heterocycles. The standard InChI is InChI=1S/C21H22N2O4/c1-4-25-17-11-7-16(8-12-17)22-21(24)20-19(15(3)27-23-20)13-26-18-9-5-14(2)6-10-18/h5-12H,4,13H2,1-3H3,(H,22,24). The summed E-state index contributed by atoms with van der Waals surface area (Å²) >= 11 is 0. The van der Waals surface area contributed by atoms with Crippen LogP contribution in [0.5, 0.6) is 11.5 Å². The molecular formula is C21H22N2O4. The molecule has 0 aliphatic rings. The Hall–Kier alpha value is -3.28. The Labute approximate surface area is 158 Å². The summed E-state index contributed by atoms with van der Waals surface area (Å²) in [5.74, 6) is 1.68. The van der Waals surface area contributed by atoms with Crippen LogP contribution in [-0.4, -0.2) is 17.7 Å². The Morgan fingerprint density at radius 2 is 1.63 bits per heavy atom. The number of hydrogen-bond donors (Lipinski definition) is 1. The molecule has 1 heterocycles. The Morgan fingerprint density at radius 1 is 1.00 bits per heavy atom. The minimum absolute atomic E-state index is 0.199. The number of rotatable bonds is 7. The smallest absolute Gasteiger partial charge is 0.278 e. The fourth-order valence-corrected chi connectivity index (χ4v) is 2.52. The third kappa shape index (κ3) is 4.67. The van der Waals surface area contributed by atoms with E-state index >= 15 is 0 Å². The number of carbonyl (C=O) groups is 1. The maximum absolute atomic E-state index is 12.6. The Bertz CT molecular complexity index is 899. The van der Waals surface area contributed by atoms with Gasteiger partial charge in [0, 0.05) is 5.69 Å². The minimum atomic E-state index is -0.349. The van der Waals surface area contributed by atoms with Gasteiger partial charge < -0.3 is 19.3 Å². The fraction of sp³-hybridized carbons (Fsp3) is 0.238. The van der Waals surface area contributed by atoms with E-state index < -0.39 is 0 Å². The molecule has 6 heteroatoms. The summed E-state index contributed by atoms with van der Waals surface area (Å²) in [4.78, 5) is 12.6. The summed E-state index contributed by atoms with van der Waals surface area (Å²) in [6, 6.07) is 14.9. The fourth-order valence-electron chi connectivity index (χ4n) is 2.52. The van der Waals surface area contributed by atoms with Gasteiger partial charge in [-0.2, -0.15) is 0 Å². The van der Waals surface area contributed by atoms with Gasteiger partial charge in [-0.1, -0.05) is 22.9 Å². The Morgan fingerprint density at radius 3 is 2.30 bits per heavy atom. The molecule has 27 heavy (non-hydrogen) atoms. The van der Waals surface area contributed by atoms with Crippen LogP contribution in [0.2, 0.25) is 0 Å². The zero-order chi connectivity index (χ0) is 19.2. The lowest BCUT2D eigenvalue weighted by Crippen LogP contribution is -2.15. The third-order valence-corrected chi connectivity index (χ3v) is 4.03. The molecule has 0 radical (unpaired) electrons. The molecule has 0 unspecified atom stereocenters. The molecule has 0 spiro atoms. The first-order valence-electron chi connectivity index (χ1n) is 8.75. The van der Waals surface area contributed by atoms with Crippen LogP contribution in [0.3, 0.4) is 0 Å². The van der Waals surface area contributed by atoms with E-state index in [9.17, 15) is 4.79 Å². The van der Waals surface area contributed by atoms with Gasteiger partial charge in [-0.25, -0.2) is 0 Å². The molecule has 1 aromatic heterocycles. The number of carbonyl (C=O) groups excluding carboxylic acids is 1. The van der Waals surface area contributed by atoms with Gasteiger partial charge >= 0.3 is 0 Å². The van der Waals surface area contributed by atoms with Crippen LogP contribution < -0.4 is 14.8 Å². The number of benzene rings is 2. The molecule has 3 rings (SSSR count). The topological polar surface area (TPSA) is 73.6 Å². The third-order valence-electron chi connectivity index (χ3n) is 4.03. The maximum Gasteiger partial charge on any atom is 0.278 e. The Balaban J connectivity index is 1.69. The van der Waals surface area contributed by atoms with Crippen LogP contribution in [0.25, 0.3) is 0 Å². The van der Waals surface area contributed by atoms with Crippen molar-refractivity contribution in [3.05, 3.63) is 71.1 Å². The molecule has 0 aliphatic carbocycles. The van der Waals surface area contributed by atoms with Crippen LogP contribution in [0, 0.1) is 13.8 Å². The maximum atomic E-state index is 12.6. The van der Waals surface area contributed by atoms with Crippen molar-refractivity contribution in [2.24, 2.45) is 0 Å². The first-order chi connectivity index (χ1) is 13.1. The van der Waals surface area contributed by atoms with E-state index in [-0.39, 0.29) is 18.2 Å². The van der Waals surface area contributed by atoms with E-state index in [1.54, 1.807) is 31.2 Å². The van der Waals surface area contributed by atoms with Gasteiger partial charge in [-0.05, 0) is 57.2 Å². The van der Waals surface area contributed by atoms with E-state index in [4.69, 9.17) is 14.0 Å². The second-order valence-electron chi connectivity index (χ2n) is 6.08. The van der Waals surface area contributed by atoms with Crippen LogP contribution >= 0.6 is 0 Å². The predicted molar refractivity (Wildman–Crippen MR) is 102 cm³/mol. The van der Waals surface area contributed by atoms with Crippen molar-refractivity contribution in [1.82, 2.24) is 5.16 Å². The molecule has 0 bridgehead atoms. The van der Waals surface area contributed by atoms with Crippen molar-refractivity contribution in [1.29, 1.82) is 0 Å². The molecule has 0 fully saturated rings. The second-order valence-corrected chi connectivity index (χ2v) is 6.08. The molecule has 0 saturated carbocycles. The molecular weight excluding hydrogens is 344 g/mol. The van der Waals surface area contributed by atoms with Gasteiger partial charge in [0.25, 0.3) is 5.91 Å². The van der Waals surface area contributed by atoms with Crippen LogP contribution in [0.4, 0.5) is 5.69 Å². The van der Waals surface area contributed by atoms with Gasteiger partial charge in [-0.15, -0.1) is 0 Å². The van der Waals surface area contributed by atoms with Crippen molar-refractivity contribution in [2.45, 2.75) is 27.4 Å². The van der Waals surface area contributed by atoms with E-state index in [1.165, 1.54) is 0 Å². The van der Waals surface area contributed by atoms with E-state index in [0.29, 0.717) is 23.6 Å². The van der Waals surface area contributed by atoms with Crippen molar-refractivity contribution >= 4 is 11.6 Å². The van der Waals surface area contributed by atoms with E-state index in [0.717, 1.165) is 17.1 Å². The monoisotopic (exact) mass is 366 g/mol. The molecule has 1 amide bonds. The average Bonchev–Trinajstić information content (AvgIpc) is 3.04. The number of aromatic nitrogens is 1. The lowest BCUT2D eigenvalue weighted by Gasteiger charge is -2.08. The van der Waals surface area contributed by atoms with Gasteiger partial charge in [0.2, 0.25) is 0 Å². The van der Waals surface area contributed by atoms with Gasteiger partial charge in [-0.3, -0.25) is 4.79 Å². The number of amides is 1. The summed E-state index contributed by atoms with van der Waals surface area (Å²) in [6.45, 7) is 6.48. The van der Waals surface area contributed by atoms with E-state index in [2.05, 4.69) is 10.5 Å². The summed E-state index contributed by atoms with van der Waals surface area (Å²) in [6.07, 6.45) is 0. The molecule has 0 atom stereocenters. The highest BCUT2D eigenvalue weighted by Gasteiger charge is 2.20. The molecule has 0 aliphatic heterocycles. The highest BCUT2D eigenvalue weighted by Crippen LogP contribution is 2.21. The number of nitrogens with one attached hydrogen (secondary N) is 1. The molecule has 1 N–H and O–H groups in total. The highest BCUT2D eigenvalue weighted by molar-refractivity contribution is 6.03. The first-order valence-corrected chi connectivity index (χ1v) is 8.75. The van der Waals surface area contributed by atoms with Crippen LogP contribution in [0.15, 0.2) is 53.1 Å². The predicted octanol–water partition coefficient (Wildman–Crippen LogP) is 4.52. The summed E-state index contributed by atoms with van der Waals surface area (Å²) in [7, 11) is 0. The van der Waals surface area contributed by atoms with E-state index in [1.807, 2.05) is 38.1 Å².